The van der Waals surface area contributed by atoms with Crippen LogP contribution in [-0.2, 0) is 22.4 Å². The van der Waals surface area contributed by atoms with E-state index in [1.54, 1.807) is 13.0 Å². The van der Waals surface area contributed by atoms with E-state index < -0.39 is 12.1 Å². The Morgan fingerprint density at radius 3 is 2.95 bits per heavy atom. The average molecular weight is 293 g/mol. The number of hydrogen-bond acceptors (Lipinski definition) is 4. The van der Waals surface area contributed by atoms with E-state index in [4.69, 9.17) is 4.74 Å². The van der Waals surface area contributed by atoms with Crippen molar-refractivity contribution >= 4 is 23.2 Å². The molecule has 0 fully saturated rings. The highest BCUT2D eigenvalue weighted by Crippen LogP contribution is 2.30. The van der Waals surface area contributed by atoms with Crippen molar-refractivity contribution in [2.24, 2.45) is 0 Å². The third-order valence-electron chi connectivity index (χ3n) is 3.27. The van der Waals surface area contributed by atoms with Crippen LogP contribution < -0.4 is 5.32 Å². The van der Waals surface area contributed by atoms with Gasteiger partial charge in [0.25, 0.3) is 5.91 Å². The van der Waals surface area contributed by atoms with E-state index in [2.05, 4.69) is 11.9 Å². The minimum atomic E-state index is -0.790. The van der Waals surface area contributed by atoms with Crippen molar-refractivity contribution in [1.29, 1.82) is 0 Å². The Morgan fingerprint density at radius 2 is 2.25 bits per heavy atom. The van der Waals surface area contributed by atoms with Gasteiger partial charge in [0.15, 0.2) is 6.10 Å². The highest BCUT2D eigenvalue weighted by atomic mass is 32.1. The average Bonchev–Trinajstić information content (AvgIpc) is 2.88. The molecule has 20 heavy (non-hydrogen) atoms. The van der Waals surface area contributed by atoms with E-state index in [1.165, 1.54) is 34.6 Å². The fourth-order valence-electron chi connectivity index (χ4n) is 2.18. The highest BCUT2D eigenvalue weighted by molar-refractivity contribution is 7.14. The van der Waals surface area contributed by atoms with Crippen molar-refractivity contribution in [3.8, 4) is 0 Å². The van der Waals surface area contributed by atoms with Gasteiger partial charge in [-0.05, 0) is 44.2 Å². The Hall–Kier alpha value is -1.62. The van der Waals surface area contributed by atoms with Crippen LogP contribution in [0.15, 0.2) is 18.7 Å². The number of thiophene rings is 1. The van der Waals surface area contributed by atoms with E-state index in [0.717, 1.165) is 12.8 Å². The van der Waals surface area contributed by atoms with Crippen LogP contribution in [0, 0.1) is 0 Å². The largest absolute Gasteiger partial charge is 0.448 e. The second-order valence-corrected chi connectivity index (χ2v) is 5.98. The first kappa shape index (κ1) is 14.8. The number of carbonyl (C=O) groups excluding carboxylic acids is 2. The number of rotatable bonds is 5. The minimum Gasteiger partial charge on any atom is -0.448 e. The molecule has 0 saturated heterocycles. The zero-order valence-electron chi connectivity index (χ0n) is 11.6. The van der Waals surface area contributed by atoms with Gasteiger partial charge in [-0.3, -0.25) is 4.79 Å². The molecule has 1 heterocycles. The van der Waals surface area contributed by atoms with Crippen molar-refractivity contribution in [2.75, 3.05) is 6.54 Å². The molecular formula is C15H19NO3S. The number of aryl methyl sites for hydroxylation is 2. The molecule has 0 radical (unpaired) electrons. The van der Waals surface area contributed by atoms with Crippen molar-refractivity contribution in [1.82, 2.24) is 5.32 Å². The van der Waals surface area contributed by atoms with Gasteiger partial charge in [-0.15, -0.1) is 17.9 Å². The second kappa shape index (κ2) is 6.70. The SMILES string of the molecule is C=CCNC(=O)[C@H](C)OC(=O)c1cc2c(s1)CCCC2. The lowest BCUT2D eigenvalue weighted by Gasteiger charge is -2.11. The molecule has 1 aromatic rings. The quantitative estimate of drug-likeness (QED) is 0.670. The molecule has 0 unspecified atom stereocenters. The predicted molar refractivity (Wildman–Crippen MR) is 79.0 cm³/mol. The lowest BCUT2D eigenvalue weighted by Crippen LogP contribution is -2.35. The summed E-state index contributed by atoms with van der Waals surface area (Å²) in [5.41, 5.74) is 1.26. The van der Waals surface area contributed by atoms with Crippen LogP contribution in [0.25, 0.3) is 0 Å². The molecule has 4 nitrogen and oxygen atoms in total. The lowest BCUT2D eigenvalue weighted by molar-refractivity contribution is -0.128. The summed E-state index contributed by atoms with van der Waals surface area (Å²) in [4.78, 5) is 25.6. The smallest absolute Gasteiger partial charge is 0.349 e. The molecule has 1 atom stereocenters. The van der Waals surface area contributed by atoms with Crippen molar-refractivity contribution in [2.45, 2.75) is 38.7 Å². The summed E-state index contributed by atoms with van der Waals surface area (Å²) in [6, 6.07) is 1.91. The number of hydrogen-bond donors (Lipinski definition) is 1. The van der Waals surface area contributed by atoms with Crippen LogP contribution in [0.1, 0.15) is 39.9 Å². The summed E-state index contributed by atoms with van der Waals surface area (Å²) in [6.45, 7) is 5.46. The molecular weight excluding hydrogens is 274 g/mol. The molecule has 0 aromatic carbocycles. The summed E-state index contributed by atoms with van der Waals surface area (Å²) in [7, 11) is 0. The summed E-state index contributed by atoms with van der Waals surface area (Å²) in [6.07, 6.45) is 5.24. The molecule has 0 saturated carbocycles. The first-order chi connectivity index (χ1) is 9.61. The number of carbonyl (C=O) groups is 2. The van der Waals surface area contributed by atoms with Crippen molar-refractivity contribution in [3.05, 3.63) is 34.0 Å². The van der Waals surface area contributed by atoms with Crippen LogP contribution in [0.3, 0.4) is 0 Å². The second-order valence-electron chi connectivity index (χ2n) is 4.85. The van der Waals surface area contributed by atoms with Gasteiger partial charge in [0.2, 0.25) is 0 Å². The maximum atomic E-state index is 12.0. The maximum absolute atomic E-state index is 12.0. The Balaban J connectivity index is 1.95. The summed E-state index contributed by atoms with van der Waals surface area (Å²) >= 11 is 1.49. The van der Waals surface area contributed by atoms with Gasteiger partial charge in [0, 0.05) is 11.4 Å². The third kappa shape index (κ3) is 3.48. The molecule has 5 heteroatoms. The van der Waals surface area contributed by atoms with Gasteiger partial charge in [-0.2, -0.15) is 0 Å². The summed E-state index contributed by atoms with van der Waals surface area (Å²) < 4.78 is 5.20. The van der Waals surface area contributed by atoms with E-state index in [1.807, 2.05) is 6.07 Å². The number of fused-ring (bicyclic) bond motifs is 1. The molecule has 0 aliphatic heterocycles. The first-order valence-electron chi connectivity index (χ1n) is 6.83. The van der Waals surface area contributed by atoms with Crippen LogP contribution in [0.5, 0.6) is 0 Å². The molecule has 0 bridgehead atoms. The Kier molecular flexibility index (Phi) is 4.95. The van der Waals surface area contributed by atoms with E-state index in [9.17, 15) is 9.59 Å². The standard InChI is InChI=1S/C15H19NO3S/c1-3-8-16-14(17)10(2)19-15(18)13-9-11-6-4-5-7-12(11)20-13/h3,9-10H,1,4-8H2,2H3,(H,16,17)/t10-/m0/s1. The summed E-state index contributed by atoms with van der Waals surface area (Å²) in [5.74, 6) is -0.717. The van der Waals surface area contributed by atoms with Gasteiger partial charge in [0.05, 0.1) is 0 Å². The van der Waals surface area contributed by atoms with E-state index >= 15 is 0 Å². The normalized spacial score (nSPS) is 15.1. The fourth-order valence-corrected chi connectivity index (χ4v) is 3.32. The predicted octanol–water partition coefficient (Wildman–Crippen LogP) is 2.47. The van der Waals surface area contributed by atoms with Crippen LogP contribution in [0.2, 0.25) is 0 Å². The molecule has 2 rings (SSSR count). The Morgan fingerprint density at radius 1 is 1.50 bits per heavy atom. The van der Waals surface area contributed by atoms with Gasteiger partial charge in [0.1, 0.15) is 4.88 Å². The molecule has 108 valence electrons. The number of ether oxygens (including phenoxy) is 1. The van der Waals surface area contributed by atoms with Gasteiger partial charge in [-0.1, -0.05) is 6.08 Å². The summed E-state index contributed by atoms with van der Waals surface area (Å²) in [5, 5.41) is 2.61. The van der Waals surface area contributed by atoms with Crippen LogP contribution >= 0.6 is 11.3 Å². The van der Waals surface area contributed by atoms with Crippen molar-refractivity contribution in [3.63, 3.8) is 0 Å². The molecule has 1 N–H and O–H groups in total. The molecule has 1 amide bonds. The van der Waals surface area contributed by atoms with Crippen LogP contribution in [-0.4, -0.2) is 24.5 Å². The molecule has 0 spiro atoms. The Labute approximate surface area is 122 Å². The van der Waals surface area contributed by atoms with Gasteiger partial charge < -0.3 is 10.1 Å². The number of nitrogens with one attached hydrogen (secondary N) is 1. The molecule has 1 aliphatic carbocycles. The minimum absolute atomic E-state index is 0.306. The monoisotopic (exact) mass is 293 g/mol. The molecule has 1 aromatic heterocycles. The lowest BCUT2D eigenvalue weighted by atomic mass is 9.99. The number of esters is 1. The highest BCUT2D eigenvalue weighted by Gasteiger charge is 2.22. The topological polar surface area (TPSA) is 55.4 Å². The zero-order chi connectivity index (χ0) is 14.5. The fraction of sp³-hybridized carbons (Fsp3) is 0.467. The van der Waals surface area contributed by atoms with E-state index in [-0.39, 0.29) is 5.91 Å². The van der Waals surface area contributed by atoms with Crippen molar-refractivity contribution < 1.29 is 14.3 Å². The van der Waals surface area contributed by atoms with Gasteiger partial charge in [-0.25, -0.2) is 4.79 Å². The number of amides is 1. The zero-order valence-corrected chi connectivity index (χ0v) is 12.4. The van der Waals surface area contributed by atoms with Gasteiger partial charge >= 0.3 is 5.97 Å². The third-order valence-corrected chi connectivity index (χ3v) is 4.49. The Bertz CT molecular complexity index is 498. The first-order valence-corrected chi connectivity index (χ1v) is 7.64. The molecule has 1 aliphatic rings. The van der Waals surface area contributed by atoms with Crippen LogP contribution in [0.4, 0.5) is 0 Å². The maximum Gasteiger partial charge on any atom is 0.349 e. The van der Waals surface area contributed by atoms with E-state index in [0.29, 0.717) is 11.4 Å².